The van der Waals surface area contributed by atoms with Crippen molar-refractivity contribution in [1.29, 1.82) is 0 Å². The Balaban J connectivity index is 2.04. The summed E-state index contributed by atoms with van der Waals surface area (Å²) in [6.45, 7) is 5.37. The highest BCUT2D eigenvalue weighted by Crippen LogP contribution is 2.17. The molecule has 1 amide bonds. The van der Waals surface area contributed by atoms with E-state index in [1.165, 1.54) is 0 Å². The van der Waals surface area contributed by atoms with Crippen LogP contribution in [0.1, 0.15) is 31.7 Å². The normalized spacial score (nSPS) is 20.2. The Morgan fingerprint density at radius 3 is 3.12 bits per heavy atom. The highest BCUT2D eigenvalue weighted by Gasteiger charge is 2.23. The van der Waals surface area contributed by atoms with E-state index in [2.05, 4.69) is 10.4 Å². The molecule has 1 aromatic heterocycles. The van der Waals surface area contributed by atoms with E-state index < -0.39 is 0 Å². The summed E-state index contributed by atoms with van der Waals surface area (Å²) in [5, 5.41) is 7.11. The van der Waals surface area contributed by atoms with Gasteiger partial charge in [-0.15, -0.1) is 0 Å². The molecule has 1 aromatic rings. The number of aryl methyl sites for hydroxylation is 2. The van der Waals surface area contributed by atoms with Crippen LogP contribution >= 0.6 is 0 Å². The quantitative estimate of drug-likeness (QED) is 0.870. The molecular weight excluding hydrogens is 218 g/mol. The topological polar surface area (TPSA) is 56.2 Å². The summed E-state index contributed by atoms with van der Waals surface area (Å²) >= 11 is 0. The summed E-state index contributed by atoms with van der Waals surface area (Å²) < 4.78 is 7.25. The van der Waals surface area contributed by atoms with Gasteiger partial charge in [0.05, 0.1) is 6.20 Å². The van der Waals surface area contributed by atoms with Gasteiger partial charge < -0.3 is 10.1 Å². The average Bonchev–Trinajstić information content (AvgIpc) is 2.71. The van der Waals surface area contributed by atoms with Crippen molar-refractivity contribution < 1.29 is 9.53 Å². The van der Waals surface area contributed by atoms with E-state index in [-0.39, 0.29) is 12.0 Å². The van der Waals surface area contributed by atoms with Crippen LogP contribution in [-0.4, -0.2) is 28.4 Å². The maximum absolute atomic E-state index is 12.0. The van der Waals surface area contributed by atoms with Gasteiger partial charge in [-0.05, 0) is 33.1 Å². The van der Waals surface area contributed by atoms with Gasteiger partial charge in [0.15, 0.2) is 0 Å². The molecule has 1 saturated heterocycles. The van der Waals surface area contributed by atoms with E-state index in [1.54, 1.807) is 10.9 Å². The fraction of sp³-hybridized carbons (Fsp3) is 0.667. The van der Waals surface area contributed by atoms with Gasteiger partial charge in [0.25, 0.3) is 5.91 Å². The number of hydrogen-bond donors (Lipinski definition) is 1. The second-order valence-electron chi connectivity index (χ2n) is 4.34. The zero-order chi connectivity index (χ0) is 12.3. The minimum atomic E-state index is -0.302. The molecule has 17 heavy (non-hydrogen) atoms. The molecule has 0 spiro atoms. The summed E-state index contributed by atoms with van der Waals surface area (Å²) in [6.07, 6.45) is 4.38. The summed E-state index contributed by atoms with van der Waals surface area (Å²) in [6, 6.07) is 0. The molecule has 0 aromatic carbocycles. The maximum Gasteiger partial charge on any atom is 0.254 e. The lowest BCUT2D eigenvalue weighted by molar-refractivity contribution is -0.130. The highest BCUT2D eigenvalue weighted by molar-refractivity contribution is 5.94. The molecule has 0 unspecified atom stereocenters. The van der Waals surface area contributed by atoms with Gasteiger partial charge in [-0.25, -0.2) is 4.68 Å². The molecule has 1 aliphatic heterocycles. The van der Waals surface area contributed by atoms with Crippen LogP contribution < -0.4 is 5.32 Å². The first kappa shape index (κ1) is 12.1. The predicted octanol–water partition coefficient (Wildman–Crippen LogP) is 1.72. The van der Waals surface area contributed by atoms with Crippen LogP contribution in [0, 0.1) is 6.92 Å². The SMILES string of the molecule is CCn1ncc(C)c1NC(=O)[C@H]1CCCCO1. The van der Waals surface area contributed by atoms with Crippen molar-refractivity contribution in [2.45, 2.75) is 45.8 Å². The lowest BCUT2D eigenvalue weighted by Crippen LogP contribution is -2.34. The fourth-order valence-corrected chi connectivity index (χ4v) is 2.03. The number of aromatic nitrogens is 2. The Hall–Kier alpha value is -1.36. The van der Waals surface area contributed by atoms with E-state index in [0.717, 1.165) is 37.2 Å². The number of carbonyl (C=O) groups is 1. The standard InChI is InChI=1S/C12H19N3O2/c1-3-15-11(9(2)8-13-15)14-12(16)10-6-4-5-7-17-10/h8,10H,3-7H2,1-2H3,(H,14,16)/t10-/m1/s1. The van der Waals surface area contributed by atoms with E-state index in [9.17, 15) is 4.79 Å². The number of carbonyl (C=O) groups excluding carboxylic acids is 1. The molecule has 0 aliphatic carbocycles. The Bertz CT molecular complexity index is 394. The van der Waals surface area contributed by atoms with Crippen LogP contribution in [-0.2, 0) is 16.1 Å². The molecule has 5 nitrogen and oxygen atoms in total. The first-order valence-electron chi connectivity index (χ1n) is 6.17. The van der Waals surface area contributed by atoms with E-state index in [4.69, 9.17) is 4.74 Å². The van der Waals surface area contributed by atoms with Crippen molar-refractivity contribution >= 4 is 11.7 Å². The summed E-state index contributed by atoms with van der Waals surface area (Å²) in [7, 11) is 0. The molecule has 2 heterocycles. The summed E-state index contributed by atoms with van der Waals surface area (Å²) in [4.78, 5) is 12.0. The summed E-state index contributed by atoms with van der Waals surface area (Å²) in [5.41, 5.74) is 0.982. The second-order valence-corrected chi connectivity index (χ2v) is 4.34. The number of nitrogens with zero attached hydrogens (tertiary/aromatic N) is 2. The molecular formula is C12H19N3O2. The number of nitrogens with one attached hydrogen (secondary N) is 1. The highest BCUT2D eigenvalue weighted by atomic mass is 16.5. The van der Waals surface area contributed by atoms with Gasteiger partial charge >= 0.3 is 0 Å². The molecule has 5 heteroatoms. The van der Waals surface area contributed by atoms with Crippen molar-refractivity contribution in [3.05, 3.63) is 11.8 Å². The second kappa shape index (κ2) is 5.31. The molecule has 1 atom stereocenters. The molecule has 1 fully saturated rings. The largest absolute Gasteiger partial charge is 0.368 e. The zero-order valence-corrected chi connectivity index (χ0v) is 10.4. The molecule has 0 bridgehead atoms. The predicted molar refractivity (Wildman–Crippen MR) is 64.9 cm³/mol. The van der Waals surface area contributed by atoms with E-state index in [1.807, 2.05) is 13.8 Å². The van der Waals surface area contributed by atoms with E-state index >= 15 is 0 Å². The molecule has 0 saturated carbocycles. The van der Waals surface area contributed by atoms with Gasteiger partial charge in [-0.3, -0.25) is 4.79 Å². The van der Waals surface area contributed by atoms with Crippen molar-refractivity contribution in [2.24, 2.45) is 0 Å². The third-order valence-corrected chi connectivity index (χ3v) is 3.04. The minimum absolute atomic E-state index is 0.0528. The molecule has 0 radical (unpaired) electrons. The maximum atomic E-state index is 12.0. The van der Waals surface area contributed by atoms with E-state index in [0.29, 0.717) is 6.61 Å². The number of amides is 1. The number of hydrogen-bond acceptors (Lipinski definition) is 3. The molecule has 2 rings (SSSR count). The number of anilines is 1. The lowest BCUT2D eigenvalue weighted by atomic mass is 10.1. The smallest absolute Gasteiger partial charge is 0.254 e. The first-order valence-corrected chi connectivity index (χ1v) is 6.17. The zero-order valence-electron chi connectivity index (χ0n) is 10.4. The number of ether oxygens (including phenoxy) is 1. The van der Waals surface area contributed by atoms with Gasteiger partial charge in [-0.2, -0.15) is 5.10 Å². The minimum Gasteiger partial charge on any atom is -0.368 e. The van der Waals surface area contributed by atoms with Crippen LogP contribution in [0.15, 0.2) is 6.20 Å². The van der Waals surface area contributed by atoms with Gasteiger partial charge in [0.1, 0.15) is 11.9 Å². The third-order valence-electron chi connectivity index (χ3n) is 3.04. The molecule has 1 N–H and O–H groups in total. The third kappa shape index (κ3) is 2.66. The average molecular weight is 237 g/mol. The van der Waals surface area contributed by atoms with Crippen molar-refractivity contribution in [1.82, 2.24) is 9.78 Å². The first-order chi connectivity index (χ1) is 8.22. The van der Waals surface area contributed by atoms with Crippen molar-refractivity contribution in [3.63, 3.8) is 0 Å². The van der Waals surface area contributed by atoms with Crippen LogP contribution in [0.5, 0.6) is 0 Å². The van der Waals surface area contributed by atoms with Gasteiger partial charge in [0.2, 0.25) is 0 Å². The Morgan fingerprint density at radius 2 is 2.47 bits per heavy atom. The van der Waals surface area contributed by atoms with Crippen molar-refractivity contribution in [2.75, 3.05) is 11.9 Å². The Morgan fingerprint density at radius 1 is 1.65 bits per heavy atom. The monoisotopic (exact) mass is 237 g/mol. The van der Waals surface area contributed by atoms with Crippen LogP contribution in [0.4, 0.5) is 5.82 Å². The lowest BCUT2D eigenvalue weighted by Gasteiger charge is -2.22. The summed E-state index contributed by atoms with van der Waals surface area (Å²) in [5.74, 6) is 0.731. The Labute approximate surface area is 101 Å². The Kier molecular flexibility index (Phi) is 3.78. The van der Waals surface area contributed by atoms with Gasteiger partial charge in [0, 0.05) is 18.7 Å². The molecule has 1 aliphatic rings. The van der Waals surface area contributed by atoms with Crippen LogP contribution in [0.25, 0.3) is 0 Å². The van der Waals surface area contributed by atoms with Gasteiger partial charge in [-0.1, -0.05) is 0 Å². The van der Waals surface area contributed by atoms with Crippen molar-refractivity contribution in [3.8, 4) is 0 Å². The molecule has 94 valence electrons. The van der Waals surface area contributed by atoms with Crippen LogP contribution in [0.2, 0.25) is 0 Å². The number of rotatable bonds is 3. The van der Waals surface area contributed by atoms with Crippen LogP contribution in [0.3, 0.4) is 0 Å². The fourth-order valence-electron chi connectivity index (χ4n) is 2.03.